The third-order valence-corrected chi connectivity index (χ3v) is 2.78. The average Bonchev–Trinajstić information content (AvgIpc) is 1.88. The van der Waals surface area contributed by atoms with Crippen LogP contribution in [0.1, 0.15) is 40.0 Å². The third kappa shape index (κ3) is 2.00. The van der Waals surface area contributed by atoms with Crippen molar-refractivity contribution in [1.82, 2.24) is 0 Å². The van der Waals surface area contributed by atoms with Crippen molar-refractivity contribution in [3.05, 3.63) is 6.42 Å². The third-order valence-electron chi connectivity index (χ3n) is 2.78. The summed E-state index contributed by atoms with van der Waals surface area (Å²) >= 11 is 0. The fourth-order valence-electron chi connectivity index (χ4n) is 1.73. The first kappa shape index (κ1) is 8.10. The van der Waals surface area contributed by atoms with E-state index in [2.05, 4.69) is 27.2 Å². The zero-order valence-corrected chi connectivity index (χ0v) is 7.43. The van der Waals surface area contributed by atoms with Gasteiger partial charge in [-0.2, -0.15) is 0 Å². The zero-order valence-electron chi connectivity index (χ0n) is 7.43. The van der Waals surface area contributed by atoms with E-state index in [1.165, 1.54) is 19.3 Å². The summed E-state index contributed by atoms with van der Waals surface area (Å²) in [5.41, 5.74) is 0. The molecule has 0 bridgehead atoms. The molecule has 0 aliphatic heterocycles. The van der Waals surface area contributed by atoms with Crippen molar-refractivity contribution < 1.29 is 0 Å². The molecule has 0 N–H and O–H groups in total. The molecule has 0 heteroatoms. The normalized spacial score (nSPS) is 34.8. The molecule has 10 heavy (non-hydrogen) atoms. The van der Waals surface area contributed by atoms with Gasteiger partial charge in [0.25, 0.3) is 0 Å². The van der Waals surface area contributed by atoms with Gasteiger partial charge in [0.05, 0.1) is 0 Å². The van der Waals surface area contributed by atoms with Gasteiger partial charge < -0.3 is 0 Å². The maximum Gasteiger partial charge on any atom is -0.0355 e. The van der Waals surface area contributed by atoms with Gasteiger partial charge in [0.15, 0.2) is 0 Å². The molecule has 1 aliphatic carbocycles. The molecule has 1 fully saturated rings. The van der Waals surface area contributed by atoms with Gasteiger partial charge >= 0.3 is 0 Å². The van der Waals surface area contributed by atoms with Crippen LogP contribution in [0.2, 0.25) is 0 Å². The van der Waals surface area contributed by atoms with Crippen LogP contribution in [0, 0.1) is 24.2 Å². The van der Waals surface area contributed by atoms with Crippen LogP contribution in [0.3, 0.4) is 0 Å². The number of hydrogen-bond donors (Lipinski definition) is 0. The molecular weight excluding hydrogens is 120 g/mol. The SMILES string of the molecule is CC(C)[C@@H]1C[CH][C@@H](C)CC1. The molecule has 0 nitrogen and oxygen atoms in total. The van der Waals surface area contributed by atoms with Crippen LogP contribution in [0.25, 0.3) is 0 Å². The van der Waals surface area contributed by atoms with Crippen LogP contribution < -0.4 is 0 Å². The summed E-state index contributed by atoms with van der Waals surface area (Å²) in [6, 6.07) is 0. The lowest BCUT2D eigenvalue weighted by atomic mass is 9.78. The van der Waals surface area contributed by atoms with Crippen molar-refractivity contribution >= 4 is 0 Å². The van der Waals surface area contributed by atoms with Crippen molar-refractivity contribution in [3.63, 3.8) is 0 Å². The maximum absolute atomic E-state index is 2.49. The molecule has 0 saturated heterocycles. The molecule has 0 aromatic carbocycles. The Kier molecular flexibility index (Phi) is 2.76. The maximum atomic E-state index is 2.49. The highest BCUT2D eigenvalue weighted by molar-refractivity contribution is 4.83. The Bertz CT molecular complexity index is 86.2. The summed E-state index contributed by atoms with van der Waals surface area (Å²) in [5.74, 6) is 2.76. The summed E-state index contributed by atoms with van der Waals surface area (Å²) in [4.78, 5) is 0. The Labute approximate surface area is 65.0 Å². The summed E-state index contributed by atoms with van der Waals surface area (Å²) in [7, 11) is 0. The zero-order chi connectivity index (χ0) is 7.56. The monoisotopic (exact) mass is 139 g/mol. The van der Waals surface area contributed by atoms with E-state index < -0.39 is 0 Å². The van der Waals surface area contributed by atoms with Crippen LogP contribution in [0.5, 0.6) is 0 Å². The molecule has 1 rings (SSSR count). The van der Waals surface area contributed by atoms with Gasteiger partial charge in [-0.05, 0) is 37.0 Å². The second-order valence-electron chi connectivity index (χ2n) is 4.03. The van der Waals surface area contributed by atoms with Crippen molar-refractivity contribution in [2.24, 2.45) is 17.8 Å². The largest absolute Gasteiger partial charge is 0.0625 e. The minimum atomic E-state index is 0.884. The quantitative estimate of drug-likeness (QED) is 0.523. The number of hydrogen-bond acceptors (Lipinski definition) is 0. The van der Waals surface area contributed by atoms with Crippen molar-refractivity contribution in [1.29, 1.82) is 0 Å². The molecule has 0 aromatic rings. The molecule has 59 valence electrons. The molecule has 1 radical (unpaired) electrons. The van der Waals surface area contributed by atoms with E-state index in [-0.39, 0.29) is 0 Å². The molecular formula is C10H19. The highest BCUT2D eigenvalue weighted by atomic mass is 14.3. The standard InChI is InChI=1S/C10H19/c1-8(2)10-6-4-9(3)5-7-10/h4,8-10H,5-7H2,1-3H3/t9-,10-/m1/s1. The van der Waals surface area contributed by atoms with Gasteiger partial charge in [0.1, 0.15) is 0 Å². The van der Waals surface area contributed by atoms with E-state index in [1.807, 2.05) is 0 Å². The lowest BCUT2D eigenvalue weighted by Crippen LogP contribution is -2.17. The van der Waals surface area contributed by atoms with Crippen LogP contribution in [0.4, 0.5) is 0 Å². The Morgan fingerprint density at radius 1 is 1.30 bits per heavy atom. The Morgan fingerprint density at radius 2 is 2.00 bits per heavy atom. The first-order valence-corrected chi connectivity index (χ1v) is 4.53. The minimum absolute atomic E-state index is 0.884. The Balaban J connectivity index is 2.26. The minimum Gasteiger partial charge on any atom is -0.0625 e. The molecule has 1 aliphatic rings. The predicted molar refractivity (Wildman–Crippen MR) is 45.6 cm³/mol. The first-order valence-electron chi connectivity index (χ1n) is 4.53. The summed E-state index contributed by atoms with van der Waals surface area (Å²) in [5, 5.41) is 0. The highest BCUT2D eigenvalue weighted by Gasteiger charge is 2.20. The Morgan fingerprint density at radius 3 is 2.40 bits per heavy atom. The van der Waals surface area contributed by atoms with Gasteiger partial charge in [-0.15, -0.1) is 0 Å². The van der Waals surface area contributed by atoms with Crippen molar-refractivity contribution in [2.75, 3.05) is 0 Å². The number of rotatable bonds is 1. The van der Waals surface area contributed by atoms with E-state index in [1.54, 1.807) is 0 Å². The first-order chi connectivity index (χ1) is 4.70. The van der Waals surface area contributed by atoms with Crippen LogP contribution in [-0.4, -0.2) is 0 Å². The van der Waals surface area contributed by atoms with Crippen LogP contribution in [0.15, 0.2) is 0 Å². The van der Waals surface area contributed by atoms with Crippen LogP contribution >= 0.6 is 0 Å². The second kappa shape index (κ2) is 3.41. The summed E-state index contributed by atoms with van der Waals surface area (Å²) < 4.78 is 0. The van der Waals surface area contributed by atoms with E-state index >= 15 is 0 Å². The molecule has 0 amide bonds. The molecule has 2 atom stereocenters. The fourth-order valence-corrected chi connectivity index (χ4v) is 1.73. The van der Waals surface area contributed by atoms with Gasteiger partial charge in [-0.1, -0.05) is 27.2 Å². The average molecular weight is 139 g/mol. The van der Waals surface area contributed by atoms with Crippen molar-refractivity contribution in [2.45, 2.75) is 40.0 Å². The Hall–Kier alpha value is 0. The highest BCUT2D eigenvalue weighted by Crippen LogP contribution is 2.31. The van der Waals surface area contributed by atoms with E-state index in [0.29, 0.717) is 0 Å². The van der Waals surface area contributed by atoms with Crippen LogP contribution in [-0.2, 0) is 0 Å². The smallest absolute Gasteiger partial charge is 0.0355 e. The van der Waals surface area contributed by atoms with Gasteiger partial charge in [-0.25, -0.2) is 0 Å². The fraction of sp³-hybridized carbons (Fsp3) is 0.900. The molecule has 0 unspecified atom stereocenters. The lowest BCUT2D eigenvalue weighted by Gasteiger charge is -2.28. The second-order valence-corrected chi connectivity index (χ2v) is 4.03. The topological polar surface area (TPSA) is 0 Å². The van der Waals surface area contributed by atoms with Crippen molar-refractivity contribution in [3.8, 4) is 0 Å². The van der Waals surface area contributed by atoms with E-state index in [0.717, 1.165) is 17.8 Å². The lowest BCUT2D eigenvalue weighted by molar-refractivity contribution is 0.283. The molecule has 0 aromatic heterocycles. The van der Waals surface area contributed by atoms with Gasteiger partial charge in [0.2, 0.25) is 0 Å². The summed E-state index contributed by atoms with van der Waals surface area (Å²) in [6.45, 7) is 7.01. The molecule has 0 heterocycles. The van der Waals surface area contributed by atoms with E-state index in [4.69, 9.17) is 0 Å². The van der Waals surface area contributed by atoms with Gasteiger partial charge in [-0.3, -0.25) is 0 Å². The molecule has 0 spiro atoms. The molecule has 1 saturated carbocycles. The van der Waals surface area contributed by atoms with Gasteiger partial charge in [0, 0.05) is 0 Å². The summed E-state index contributed by atoms with van der Waals surface area (Å²) in [6.07, 6.45) is 6.73. The predicted octanol–water partition coefficient (Wildman–Crippen LogP) is 3.28. The van der Waals surface area contributed by atoms with E-state index in [9.17, 15) is 0 Å².